The van der Waals surface area contributed by atoms with Crippen molar-refractivity contribution in [2.24, 2.45) is 5.92 Å². The van der Waals surface area contributed by atoms with E-state index in [0.717, 1.165) is 11.7 Å². The van der Waals surface area contributed by atoms with Crippen molar-refractivity contribution < 1.29 is 4.74 Å². The number of benzene rings is 1. The first-order chi connectivity index (χ1) is 8.72. The fourth-order valence-electron chi connectivity index (χ4n) is 2.64. The minimum absolute atomic E-state index is 0.236. The Hall–Kier alpha value is -1.44. The lowest BCUT2D eigenvalue weighted by molar-refractivity contribution is 0.242. The van der Waals surface area contributed by atoms with E-state index in [0.29, 0.717) is 0 Å². The summed E-state index contributed by atoms with van der Waals surface area (Å²) >= 11 is 0. The van der Waals surface area contributed by atoms with Gasteiger partial charge in [-0.2, -0.15) is 0 Å². The van der Waals surface area contributed by atoms with Crippen LogP contribution in [0.2, 0.25) is 0 Å². The molecule has 0 aliphatic heterocycles. The Kier molecular flexibility index (Phi) is 3.02. The average molecular weight is 243 g/mol. The van der Waals surface area contributed by atoms with Crippen LogP contribution >= 0.6 is 0 Å². The largest absolute Gasteiger partial charge is 0.491 e. The van der Waals surface area contributed by atoms with Gasteiger partial charge in [-0.15, -0.1) is 0 Å². The normalized spacial score (nSPS) is 16.2. The molecule has 1 heterocycles. The number of aromatic nitrogens is 1. The van der Waals surface area contributed by atoms with Gasteiger partial charge in [0.05, 0.1) is 6.10 Å². The van der Waals surface area contributed by atoms with Crippen LogP contribution in [-0.4, -0.2) is 10.7 Å². The van der Waals surface area contributed by atoms with E-state index in [1.54, 1.807) is 0 Å². The molecule has 0 spiro atoms. The predicted octanol–water partition coefficient (Wildman–Crippen LogP) is 4.23. The van der Waals surface area contributed by atoms with Gasteiger partial charge in [-0.3, -0.25) is 0 Å². The van der Waals surface area contributed by atoms with Gasteiger partial charge < -0.3 is 9.30 Å². The van der Waals surface area contributed by atoms with Crippen LogP contribution in [0, 0.1) is 5.92 Å². The fourth-order valence-corrected chi connectivity index (χ4v) is 2.64. The van der Waals surface area contributed by atoms with Gasteiger partial charge in [0.2, 0.25) is 0 Å². The van der Waals surface area contributed by atoms with E-state index in [2.05, 4.69) is 48.9 Å². The van der Waals surface area contributed by atoms with Gasteiger partial charge in [0.15, 0.2) is 0 Å². The molecule has 96 valence electrons. The van der Waals surface area contributed by atoms with E-state index in [9.17, 15) is 0 Å². The molecule has 0 bridgehead atoms. The summed E-state index contributed by atoms with van der Waals surface area (Å²) in [6.45, 7) is 5.30. The van der Waals surface area contributed by atoms with Gasteiger partial charge in [0.25, 0.3) is 0 Å². The summed E-state index contributed by atoms with van der Waals surface area (Å²) in [5, 5.41) is 1.28. The first kappa shape index (κ1) is 11.6. The third kappa shape index (κ3) is 2.24. The van der Waals surface area contributed by atoms with Crippen molar-refractivity contribution in [3.05, 3.63) is 30.5 Å². The zero-order chi connectivity index (χ0) is 12.5. The third-order valence-electron chi connectivity index (χ3n) is 3.79. The Morgan fingerprint density at radius 2 is 2.11 bits per heavy atom. The van der Waals surface area contributed by atoms with Crippen LogP contribution in [0.3, 0.4) is 0 Å². The van der Waals surface area contributed by atoms with Gasteiger partial charge in [-0.25, -0.2) is 0 Å². The maximum atomic E-state index is 5.74. The van der Waals surface area contributed by atoms with Crippen LogP contribution in [0.4, 0.5) is 0 Å². The van der Waals surface area contributed by atoms with Crippen molar-refractivity contribution in [3.63, 3.8) is 0 Å². The van der Waals surface area contributed by atoms with Crippen LogP contribution in [0.25, 0.3) is 10.9 Å². The highest BCUT2D eigenvalue weighted by Crippen LogP contribution is 2.30. The average Bonchev–Trinajstić information content (AvgIpc) is 2.65. The molecule has 0 saturated heterocycles. The lowest BCUT2D eigenvalue weighted by atomic mass is 9.85. The summed E-state index contributed by atoms with van der Waals surface area (Å²) < 4.78 is 8.12. The second-order valence-electron chi connectivity index (χ2n) is 5.65. The number of nitrogens with zero attached hydrogens (tertiary/aromatic N) is 1. The molecule has 2 nitrogen and oxygen atoms in total. The molecule has 0 unspecified atom stereocenters. The second-order valence-corrected chi connectivity index (χ2v) is 5.65. The minimum atomic E-state index is 0.236. The molecule has 0 amide bonds. The second kappa shape index (κ2) is 4.68. The molecular weight excluding hydrogens is 222 g/mol. The topological polar surface area (TPSA) is 14.2 Å². The molecule has 1 saturated carbocycles. The zero-order valence-corrected chi connectivity index (χ0v) is 11.2. The Bertz CT molecular complexity index is 537. The Morgan fingerprint density at radius 3 is 2.78 bits per heavy atom. The molecule has 1 aromatic carbocycles. The Labute approximate surface area is 109 Å². The van der Waals surface area contributed by atoms with E-state index in [4.69, 9.17) is 4.74 Å². The van der Waals surface area contributed by atoms with Crippen molar-refractivity contribution in [1.29, 1.82) is 0 Å². The van der Waals surface area contributed by atoms with Crippen molar-refractivity contribution in [3.8, 4) is 5.75 Å². The molecule has 0 N–H and O–H groups in total. The molecule has 1 aliphatic carbocycles. The third-order valence-corrected chi connectivity index (χ3v) is 3.79. The summed E-state index contributed by atoms with van der Waals surface area (Å²) in [6.07, 6.45) is 6.65. The lowest BCUT2D eigenvalue weighted by Crippen LogP contribution is -2.17. The maximum absolute atomic E-state index is 5.74. The molecule has 1 aromatic heterocycles. The molecule has 3 rings (SSSR count). The van der Waals surface area contributed by atoms with Crippen LogP contribution < -0.4 is 4.74 Å². The maximum Gasteiger partial charge on any atom is 0.120 e. The van der Waals surface area contributed by atoms with Crippen LogP contribution in [0.15, 0.2) is 30.5 Å². The van der Waals surface area contributed by atoms with Gasteiger partial charge in [0, 0.05) is 23.6 Å². The molecule has 1 aliphatic rings. The van der Waals surface area contributed by atoms with Crippen LogP contribution in [0.1, 0.15) is 33.1 Å². The van der Waals surface area contributed by atoms with Crippen LogP contribution in [-0.2, 0) is 6.54 Å². The summed E-state index contributed by atoms with van der Waals surface area (Å²) in [4.78, 5) is 0. The summed E-state index contributed by atoms with van der Waals surface area (Å²) in [5.41, 5.74) is 1.33. The predicted molar refractivity (Wildman–Crippen MR) is 75.0 cm³/mol. The van der Waals surface area contributed by atoms with E-state index < -0.39 is 0 Å². The number of fused-ring (bicyclic) bond motifs is 1. The standard InChI is InChI=1S/C16H21NO/c1-12(2)18-15-6-7-16-14(10-15)8-9-17(16)11-13-4-3-5-13/h6-10,12-13H,3-5,11H2,1-2H3. The van der Waals surface area contributed by atoms with Crippen molar-refractivity contribution >= 4 is 10.9 Å². The molecule has 2 aromatic rings. The van der Waals surface area contributed by atoms with Gasteiger partial charge in [-0.1, -0.05) is 6.42 Å². The Morgan fingerprint density at radius 1 is 1.28 bits per heavy atom. The number of rotatable bonds is 4. The number of hydrogen-bond acceptors (Lipinski definition) is 1. The summed E-state index contributed by atoms with van der Waals surface area (Å²) in [6, 6.07) is 8.61. The fraction of sp³-hybridized carbons (Fsp3) is 0.500. The van der Waals surface area contributed by atoms with Crippen LogP contribution in [0.5, 0.6) is 5.75 Å². The first-order valence-corrected chi connectivity index (χ1v) is 6.98. The highest BCUT2D eigenvalue weighted by Gasteiger charge is 2.18. The SMILES string of the molecule is CC(C)Oc1ccc2c(ccn2CC2CCC2)c1. The Balaban J connectivity index is 1.84. The first-order valence-electron chi connectivity index (χ1n) is 6.98. The zero-order valence-electron chi connectivity index (χ0n) is 11.2. The van der Waals surface area contributed by atoms with Crippen molar-refractivity contribution in [1.82, 2.24) is 4.57 Å². The number of hydrogen-bond donors (Lipinski definition) is 0. The smallest absolute Gasteiger partial charge is 0.120 e. The van der Waals surface area contributed by atoms with Crippen molar-refractivity contribution in [2.45, 2.75) is 45.8 Å². The van der Waals surface area contributed by atoms with Crippen molar-refractivity contribution in [2.75, 3.05) is 0 Å². The molecular formula is C16H21NO. The van der Waals surface area contributed by atoms with E-state index in [1.807, 2.05) is 0 Å². The molecule has 0 atom stereocenters. The molecule has 18 heavy (non-hydrogen) atoms. The van der Waals surface area contributed by atoms with Gasteiger partial charge >= 0.3 is 0 Å². The molecule has 0 radical (unpaired) electrons. The van der Waals surface area contributed by atoms with E-state index >= 15 is 0 Å². The summed E-state index contributed by atoms with van der Waals surface area (Å²) in [5.74, 6) is 1.87. The molecule has 2 heteroatoms. The van der Waals surface area contributed by atoms with Gasteiger partial charge in [0.1, 0.15) is 5.75 Å². The van der Waals surface area contributed by atoms with Gasteiger partial charge in [-0.05, 0) is 56.9 Å². The highest BCUT2D eigenvalue weighted by molar-refractivity contribution is 5.81. The highest BCUT2D eigenvalue weighted by atomic mass is 16.5. The molecule has 1 fully saturated rings. The van der Waals surface area contributed by atoms with E-state index in [-0.39, 0.29) is 6.10 Å². The quantitative estimate of drug-likeness (QED) is 0.784. The monoisotopic (exact) mass is 243 g/mol. The summed E-state index contributed by atoms with van der Waals surface area (Å²) in [7, 11) is 0. The number of ether oxygens (including phenoxy) is 1. The van der Waals surface area contributed by atoms with E-state index in [1.165, 1.54) is 36.7 Å². The lowest BCUT2D eigenvalue weighted by Gasteiger charge is -2.26. The minimum Gasteiger partial charge on any atom is -0.491 e.